The van der Waals surface area contributed by atoms with Gasteiger partial charge < -0.3 is 9.30 Å². The molecular weight excluding hydrogens is 284 g/mol. The number of hydrogen-bond donors (Lipinski definition) is 0. The summed E-state index contributed by atoms with van der Waals surface area (Å²) in [6, 6.07) is 13.2. The minimum Gasteiger partial charge on any atom is -0.496 e. The molecule has 3 nitrogen and oxygen atoms in total. The van der Waals surface area contributed by atoms with Crippen LogP contribution in [-0.4, -0.2) is 29.7 Å². The zero-order valence-corrected chi connectivity index (χ0v) is 14.5. The molecule has 0 radical (unpaired) electrons. The Balaban J connectivity index is 2.02. The van der Waals surface area contributed by atoms with E-state index in [0.29, 0.717) is 0 Å². The van der Waals surface area contributed by atoms with Crippen LogP contribution in [0.5, 0.6) is 5.75 Å². The van der Waals surface area contributed by atoms with Gasteiger partial charge in [0.1, 0.15) is 5.75 Å². The van der Waals surface area contributed by atoms with E-state index in [2.05, 4.69) is 65.9 Å². The van der Waals surface area contributed by atoms with Gasteiger partial charge in [0.2, 0.25) is 0 Å². The second kappa shape index (κ2) is 7.22. The van der Waals surface area contributed by atoms with E-state index in [1.54, 1.807) is 7.11 Å². The van der Waals surface area contributed by atoms with Crippen LogP contribution in [0.3, 0.4) is 0 Å². The average Bonchev–Trinajstić information content (AvgIpc) is 2.94. The maximum absolute atomic E-state index is 5.67. The second-order valence-electron chi connectivity index (χ2n) is 6.84. The number of benzene rings is 1. The van der Waals surface area contributed by atoms with Crippen LogP contribution < -0.4 is 4.74 Å². The molecule has 0 saturated heterocycles. The number of rotatable bonds is 5. The molecule has 1 aliphatic heterocycles. The number of para-hydroxylation sites is 1. The maximum Gasteiger partial charge on any atom is 0.124 e. The molecule has 0 aliphatic carbocycles. The normalized spacial score (nSPS) is 18.7. The number of aryl methyl sites for hydroxylation is 1. The third-order valence-corrected chi connectivity index (χ3v) is 4.78. The lowest BCUT2D eigenvalue weighted by Crippen LogP contribution is -2.31. The van der Waals surface area contributed by atoms with Crippen molar-refractivity contribution in [2.24, 2.45) is 5.92 Å². The molecule has 3 rings (SSSR count). The van der Waals surface area contributed by atoms with E-state index in [9.17, 15) is 0 Å². The molecule has 0 saturated carbocycles. The predicted octanol–water partition coefficient (Wildman–Crippen LogP) is 4.34. The average molecular weight is 312 g/mol. The SMILES string of the molecule is COc1ccccc1C1c2cccn2CCCN1CCC(C)C. The van der Waals surface area contributed by atoms with E-state index in [4.69, 9.17) is 4.74 Å². The summed E-state index contributed by atoms with van der Waals surface area (Å²) in [6.07, 6.45) is 4.64. The molecule has 0 N–H and O–H groups in total. The summed E-state index contributed by atoms with van der Waals surface area (Å²) in [4.78, 5) is 2.64. The molecule has 0 bridgehead atoms. The molecule has 1 aliphatic rings. The summed E-state index contributed by atoms with van der Waals surface area (Å²) in [5.74, 6) is 1.71. The van der Waals surface area contributed by atoms with Crippen LogP contribution in [0.25, 0.3) is 0 Å². The van der Waals surface area contributed by atoms with Crippen molar-refractivity contribution in [1.29, 1.82) is 0 Å². The van der Waals surface area contributed by atoms with Gasteiger partial charge >= 0.3 is 0 Å². The minimum atomic E-state index is 0.280. The van der Waals surface area contributed by atoms with Crippen molar-refractivity contribution in [3.05, 3.63) is 53.9 Å². The third kappa shape index (κ3) is 3.45. The molecule has 124 valence electrons. The van der Waals surface area contributed by atoms with E-state index in [1.165, 1.54) is 24.1 Å². The Hall–Kier alpha value is -1.74. The van der Waals surface area contributed by atoms with Gasteiger partial charge in [-0.1, -0.05) is 32.0 Å². The summed E-state index contributed by atoms with van der Waals surface area (Å²) in [5.41, 5.74) is 2.66. The first-order valence-electron chi connectivity index (χ1n) is 8.72. The predicted molar refractivity (Wildman–Crippen MR) is 94.9 cm³/mol. The van der Waals surface area contributed by atoms with Crippen LogP contribution in [0.4, 0.5) is 0 Å². The van der Waals surface area contributed by atoms with Gasteiger partial charge in [0, 0.05) is 30.5 Å². The molecule has 0 fully saturated rings. The molecule has 0 spiro atoms. The van der Waals surface area contributed by atoms with Crippen LogP contribution >= 0.6 is 0 Å². The van der Waals surface area contributed by atoms with Crippen molar-refractivity contribution in [2.45, 2.75) is 39.3 Å². The second-order valence-corrected chi connectivity index (χ2v) is 6.84. The number of methoxy groups -OCH3 is 1. The first-order valence-corrected chi connectivity index (χ1v) is 8.72. The van der Waals surface area contributed by atoms with Crippen LogP contribution in [-0.2, 0) is 6.54 Å². The summed E-state index contributed by atoms with van der Waals surface area (Å²) >= 11 is 0. The first kappa shape index (κ1) is 16.1. The maximum atomic E-state index is 5.67. The fraction of sp³-hybridized carbons (Fsp3) is 0.500. The Labute approximate surface area is 139 Å². The molecule has 0 amide bonds. The molecule has 2 aromatic rings. The number of hydrogen-bond acceptors (Lipinski definition) is 2. The number of ether oxygens (including phenoxy) is 1. The largest absolute Gasteiger partial charge is 0.496 e. The molecule has 1 atom stereocenters. The van der Waals surface area contributed by atoms with Gasteiger partial charge in [0.25, 0.3) is 0 Å². The van der Waals surface area contributed by atoms with E-state index in [0.717, 1.165) is 31.3 Å². The Kier molecular flexibility index (Phi) is 5.06. The van der Waals surface area contributed by atoms with Gasteiger partial charge in [0.05, 0.1) is 13.2 Å². The standard InChI is InChI=1S/C20H28N2O/c1-16(2)11-15-22-14-7-13-21-12-6-9-18(21)20(22)17-8-4-5-10-19(17)23-3/h4-6,8-10,12,16,20H,7,11,13-15H2,1-3H3. The van der Waals surface area contributed by atoms with E-state index in [1.807, 2.05) is 0 Å². The van der Waals surface area contributed by atoms with Crippen molar-refractivity contribution >= 4 is 0 Å². The highest BCUT2D eigenvalue weighted by Crippen LogP contribution is 2.36. The van der Waals surface area contributed by atoms with Crippen molar-refractivity contribution in [3.8, 4) is 5.75 Å². The Bertz CT molecular complexity index is 632. The summed E-state index contributed by atoms with van der Waals surface area (Å²) in [7, 11) is 1.77. The fourth-order valence-electron chi connectivity index (χ4n) is 3.55. The van der Waals surface area contributed by atoms with Gasteiger partial charge in [-0.3, -0.25) is 4.90 Å². The molecular formula is C20H28N2O. The van der Waals surface area contributed by atoms with E-state index < -0.39 is 0 Å². The van der Waals surface area contributed by atoms with Gasteiger partial charge in [-0.05, 0) is 43.5 Å². The smallest absolute Gasteiger partial charge is 0.124 e. The lowest BCUT2D eigenvalue weighted by Gasteiger charge is -2.32. The lowest BCUT2D eigenvalue weighted by molar-refractivity contribution is 0.213. The topological polar surface area (TPSA) is 17.4 Å². The Morgan fingerprint density at radius 2 is 1.96 bits per heavy atom. The molecule has 3 heteroatoms. The van der Waals surface area contributed by atoms with Gasteiger partial charge in [-0.25, -0.2) is 0 Å². The minimum absolute atomic E-state index is 0.280. The molecule has 23 heavy (non-hydrogen) atoms. The highest BCUT2D eigenvalue weighted by molar-refractivity contribution is 5.40. The van der Waals surface area contributed by atoms with Crippen molar-refractivity contribution in [1.82, 2.24) is 9.47 Å². The zero-order chi connectivity index (χ0) is 16.2. The first-order chi connectivity index (χ1) is 11.2. The third-order valence-electron chi connectivity index (χ3n) is 4.78. The molecule has 1 unspecified atom stereocenters. The summed E-state index contributed by atoms with van der Waals surface area (Å²) < 4.78 is 8.08. The molecule has 2 heterocycles. The summed E-state index contributed by atoms with van der Waals surface area (Å²) in [6.45, 7) is 7.98. The number of aromatic nitrogens is 1. The quantitative estimate of drug-likeness (QED) is 0.817. The molecule has 1 aromatic heterocycles. The fourth-order valence-corrected chi connectivity index (χ4v) is 3.55. The summed E-state index contributed by atoms with van der Waals surface area (Å²) in [5, 5.41) is 0. The van der Waals surface area contributed by atoms with Crippen LogP contribution in [0.1, 0.15) is 44.0 Å². The number of fused-ring (bicyclic) bond motifs is 1. The van der Waals surface area contributed by atoms with Crippen LogP contribution in [0.2, 0.25) is 0 Å². The highest BCUT2D eigenvalue weighted by Gasteiger charge is 2.29. The Morgan fingerprint density at radius 1 is 1.13 bits per heavy atom. The number of nitrogens with zero attached hydrogens (tertiary/aromatic N) is 2. The zero-order valence-electron chi connectivity index (χ0n) is 14.5. The van der Waals surface area contributed by atoms with Crippen LogP contribution in [0.15, 0.2) is 42.6 Å². The highest BCUT2D eigenvalue weighted by atomic mass is 16.5. The Morgan fingerprint density at radius 3 is 2.74 bits per heavy atom. The van der Waals surface area contributed by atoms with E-state index in [-0.39, 0.29) is 6.04 Å². The van der Waals surface area contributed by atoms with Gasteiger partial charge in [0.15, 0.2) is 0 Å². The van der Waals surface area contributed by atoms with Crippen molar-refractivity contribution in [2.75, 3.05) is 20.2 Å². The lowest BCUT2D eigenvalue weighted by atomic mass is 9.99. The van der Waals surface area contributed by atoms with Crippen molar-refractivity contribution < 1.29 is 4.74 Å². The van der Waals surface area contributed by atoms with E-state index >= 15 is 0 Å². The molecule has 1 aromatic carbocycles. The van der Waals surface area contributed by atoms with Gasteiger partial charge in [-0.2, -0.15) is 0 Å². The van der Waals surface area contributed by atoms with Crippen molar-refractivity contribution in [3.63, 3.8) is 0 Å². The monoisotopic (exact) mass is 312 g/mol. The van der Waals surface area contributed by atoms with Gasteiger partial charge in [-0.15, -0.1) is 0 Å². The van der Waals surface area contributed by atoms with Crippen LogP contribution in [0, 0.1) is 5.92 Å².